The molecule has 0 saturated heterocycles. The summed E-state index contributed by atoms with van der Waals surface area (Å²) in [6, 6.07) is 12.6. The normalized spacial score (nSPS) is 16.6. The van der Waals surface area contributed by atoms with Gasteiger partial charge in [0.05, 0.1) is 7.11 Å². The molecule has 3 rings (SSSR count). The van der Waals surface area contributed by atoms with E-state index in [2.05, 4.69) is 36.9 Å². The van der Waals surface area contributed by atoms with Crippen molar-refractivity contribution in [3.05, 3.63) is 57.6 Å². The Hall–Kier alpha value is -1.38. The second kappa shape index (κ2) is 7.88. The van der Waals surface area contributed by atoms with E-state index >= 15 is 0 Å². The molecule has 1 atom stereocenters. The molecule has 2 nitrogen and oxygen atoms in total. The fourth-order valence-corrected chi connectivity index (χ4v) is 4.27. The Kier molecular flexibility index (Phi) is 5.81. The van der Waals surface area contributed by atoms with E-state index in [0.717, 1.165) is 37.2 Å². The van der Waals surface area contributed by atoms with Gasteiger partial charge in [-0.3, -0.25) is 0 Å². The molecule has 25 heavy (non-hydrogen) atoms. The third kappa shape index (κ3) is 4.24. The summed E-state index contributed by atoms with van der Waals surface area (Å²) in [6.07, 6.45) is 3.17. The smallest absolute Gasteiger partial charge is 0.122 e. The molecule has 0 N–H and O–H groups in total. The van der Waals surface area contributed by atoms with Crippen molar-refractivity contribution in [1.82, 2.24) is 0 Å². The van der Waals surface area contributed by atoms with E-state index in [4.69, 9.17) is 27.9 Å². The highest BCUT2D eigenvalue weighted by atomic mass is 35.5. The molecule has 2 aromatic carbocycles. The average Bonchev–Trinajstić information content (AvgIpc) is 2.57. The Labute approximate surface area is 160 Å². The first kappa shape index (κ1) is 18.4. The van der Waals surface area contributed by atoms with Crippen LogP contribution in [0.1, 0.15) is 31.4 Å². The molecule has 0 fully saturated rings. The highest BCUT2D eigenvalue weighted by Gasteiger charge is 2.27. The van der Waals surface area contributed by atoms with E-state index < -0.39 is 0 Å². The van der Waals surface area contributed by atoms with Crippen molar-refractivity contribution in [1.29, 1.82) is 0 Å². The molecular formula is C21H25Cl2NO. The molecule has 2 aromatic rings. The van der Waals surface area contributed by atoms with Crippen LogP contribution < -0.4 is 9.64 Å². The van der Waals surface area contributed by atoms with Crippen LogP contribution in [0.4, 0.5) is 5.69 Å². The molecule has 1 aliphatic rings. The summed E-state index contributed by atoms with van der Waals surface area (Å²) in [7, 11) is 1.75. The van der Waals surface area contributed by atoms with Gasteiger partial charge in [0.2, 0.25) is 0 Å². The Morgan fingerprint density at radius 3 is 2.52 bits per heavy atom. The van der Waals surface area contributed by atoms with Crippen molar-refractivity contribution in [2.75, 3.05) is 18.6 Å². The van der Waals surface area contributed by atoms with Gasteiger partial charge in [-0.1, -0.05) is 49.2 Å². The molecule has 0 unspecified atom stereocenters. The van der Waals surface area contributed by atoms with Crippen molar-refractivity contribution in [2.24, 2.45) is 5.92 Å². The standard InChI is InChI=1S/C21H25Cl2NO/c1-14(2)13-24(19-10-16(22)9-17(23)11-19)18-8-7-15-5-4-6-21(25-3)20(15)12-18/h4-6,9-11,14,18H,7-8,12-13H2,1-3H3/t18-/m0/s1. The lowest BCUT2D eigenvalue weighted by molar-refractivity contribution is 0.399. The van der Waals surface area contributed by atoms with E-state index in [9.17, 15) is 0 Å². The zero-order chi connectivity index (χ0) is 18.0. The van der Waals surface area contributed by atoms with Crippen LogP contribution >= 0.6 is 23.2 Å². The summed E-state index contributed by atoms with van der Waals surface area (Å²) in [5, 5.41) is 1.37. The van der Waals surface area contributed by atoms with Crippen LogP contribution in [-0.4, -0.2) is 19.7 Å². The van der Waals surface area contributed by atoms with Gasteiger partial charge in [0.25, 0.3) is 0 Å². The SMILES string of the molecule is COc1cccc2c1C[C@@H](N(CC(C)C)c1cc(Cl)cc(Cl)c1)CC2. The molecule has 0 radical (unpaired) electrons. The fourth-order valence-electron chi connectivity index (χ4n) is 3.76. The Morgan fingerprint density at radius 2 is 1.88 bits per heavy atom. The van der Waals surface area contributed by atoms with Gasteiger partial charge in [-0.05, 0) is 60.6 Å². The summed E-state index contributed by atoms with van der Waals surface area (Å²) in [4.78, 5) is 2.47. The molecular weight excluding hydrogens is 353 g/mol. The lowest BCUT2D eigenvalue weighted by atomic mass is 9.86. The number of methoxy groups -OCH3 is 1. The maximum absolute atomic E-state index is 6.27. The average molecular weight is 378 g/mol. The second-order valence-electron chi connectivity index (χ2n) is 7.17. The summed E-state index contributed by atoms with van der Waals surface area (Å²) >= 11 is 12.5. The second-order valence-corrected chi connectivity index (χ2v) is 8.04. The lowest BCUT2D eigenvalue weighted by Gasteiger charge is -2.38. The van der Waals surface area contributed by atoms with E-state index in [0.29, 0.717) is 22.0 Å². The largest absolute Gasteiger partial charge is 0.496 e. The number of halogens is 2. The third-order valence-corrected chi connectivity index (χ3v) is 5.25. The van der Waals surface area contributed by atoms with Gasteiger partial charge in [-0.2, -0.15) is 0 Å². The van der Waals surface area contributed by atoms with Crippen molar-refractivity contribution in [3.8, 4) is 5.75 Å². The van der Waals surface area contributed by atoms with Crippen LogP contribution in [0.15, 0.2) is 36.4 Å². The maximum Gasteiger partial charge on any atom is 0.122 e. The minimum absolute atomic E-state index is 0.417. The monoisotopic (exact) mass is 377 g/mol. The van der Waals surface area contributed by atoms with Crippen LogP contribution in [0.5, 0.6) is 5.75 Å². The zero-order valence-electron chi connectivity index (χ0n) is 15.1. The predicted octanol–water partition coefficient (Wildman–Crippen LogP) is 6.02. The number of hydrogen-bond donors (Lipinski definition) is 0. The molecule has 0 heterocycles. The van der Waals surface area contributed by atoms with Gasteiger partial charge < -0.3 is 9.64 Å². The summed E-state index contributed by atoms with van der Waals surface area (Å²) in [5.41, 5.74) is 3.85. The van der Waals surface area contributed by atoms with E-state index in [1.807, 2.05) is 12.1 Å². The minimum Gasteiger partial charge on any atom is -0.496 e. The van der Waals surface area contributed by atoms with Crippen LogP contribution in [0.2, 0.25) is 10.0 Å². The first-order valence-corrected chi connectivity index (χ1v) is 9.61. The Morgan fingerprint density at radius 1 is 1.16 bits per heavy atom. The van der Waals surface area contributed by atoms with Crippen molar-refractivity contribution >= 4 is 28.9 Å². The van der Waals surface area contributed by atoms with Crippen LogP contribution in [0, 0.1) is 5.92 Å². The van der Waals surface area contributed by atoms with Crippen molar-refractivity contribution in [3.63, 3.8) is 0 Å². The van der Waals surface area contributed by atoms with E-state index in [1.54, 1.807) is 13.2 Å². The number of aryl methyl sites for hydroxylation is 1. The zero-order valence-corrected chi connectivity index (χ0v) is 16.6. The Balaban J connectivity index is 1.94. The molecule has 0 spiro atoms. The predicted molar refractivity (Wildman–Crippen MR) is 107 cm³/mol. The van der Waals surface area contributed by atoms with Crippen LogP contribution in [0.25, 0.3) is 0 Å². The number of hydrogen-bond acceptors (Lipinski definition) is 2. The van der Waals surface area contributed by atoms with Crippen molar-refractivity contribution < 1.29 is 4.74 Å². The van der Waals surface area contributed by atoms with Crippen molar-refractivity contribution in [2.45, 2.75) is 39.2 Å². The quantitative estimate of drug-likeness (QED) is 0.631. The van der Waals surface area contributed by atoms with Gasteiger partial charge in [0.1, 0.15) is 5.75 Å². The summed E-state index contributed by atoms with van der Waals surface area (Å²) in [5.74, 6) is 1.55. The fraction of sp³-hybridized carbons (Fsp3) is 0.429. The molecule has 0 saturated carbocycles. The Bertz CT molecular complexity index is 710. The maximum atomic E-state index is 6.27. The number of anilines is 1. The van der Waals surface area contributed by atoms with Gasteiger partial charge >= 0.3 is 0 Å². The van der Waals surface area contributed by atoms with Gasteiger partial charge in [-0.15, -0.1) is 0 Å². The van der Waals surface area contributed by atoms with E-state index in [1.165, 1.54) is 11.1 Å². The summed E-state index contributed by atoms with van der Waals surface area (Å²) in [6.45, 7) is 5.47. The molecule has 0 aliphatic heterocycles. The minimum atomic E-state index is 0.417. The molecule has 0 aromatic heterocycles. The molecule has 0 bridgehead atoms. The molecule has 0 amide bonds. The number of fused-ring (bicyclic) bond motifs is 1. The number of nitrogens with zero attached hydrogens (tertiary/aromatic N) is 1. The summed E-state index contributed by atoms with van der Waals surface area (Å²) < 4.78 is 5.60. The van der Waals surface area contributed by atoms with Crippen LogP contribution in [-0.2, 0) is 12.8 Å². The molecule has 1 aliphatic carbocycles. The van der Waals surface area contributed by atoms with Gasteiger partial charge in [0, 0.05) is 28.3 Å². The highest BCUT2D eigenvalue weighted by Crippen LogP contribution is 2.35. The third-order valence-electron chi connectivity index (χ3n) is 4.82. The molecule has 4 heteroatoms. The van der Waals surface area contributed by atoms with Gasteiger partial charge in [-0.25, -0.2) is 0 Å². The number of rotatable bonds is 5. The molecule has 134 valence electrons. The number of ether oxygens (including phenoxy) is 1. The number of benzene rings is 2. The van der Waals surface area contributed by atoms with Crippen LogP contribution in [0.3, 0.4) is 0 Å². The topological polar surface area (TPSA) is 12.5 Å². The lowest BCUT2D eigenvalue weighted by Crippen LogP contribution is -2.41. The first-order chi connectivity index (χ1) is 12.0. The highest BCUT2D eigenvalue weighted by molar-refractivity contribution is 6.35. The first-order valence-electron chi connectivity index (χ1n) is 8.85. The van der Waals surface area contributed by atoms with Gasteiger partial charge in [0.15, 0.2) is 0 Å². The van der Waals surface area contributed by atoms with E-state index in [-0.39, 0.29) is 0 Å².